The zero-order valence-corrected chi connectivity index (χ0v) is 26.7. The molecule has 41 heavy (non-hydrogen) atoms. The quantitative estimate of drug-likeness (QED) is 0.0527. The summed E-state index contributed by atoms with van der Waals surface area (Å²) >= 11 is 0. The fraction of sp³-hybridized carbons (Fsp3) is 0.800. The largest absolute Gasteiger partial charge is 0.329 e. The Bertz CT molecular complexity index is 769. The van der Waals surface area contributed by atoms with Crippen molar-refractivity contribution >= 4 is 10.1 Å². The van der Waals surface area contributed by atoms with Gasteiger partial charge >= 0.3 is 0 Å². The van der Waals surface area contributed by atoms with Gasteiger partial charge in [-0.05, 0) is 24.5 Å². The van der Waals surface area contributed by atoms with Gasteiger partial charge in [0.15, 0.2) is 0 Å². The van der Waals surface area contributed by atoms with Crippen LogP contribution in [0.2, 0.25) is 0 Å². The summed E-state index contributed by atoms with van der Waals surface area (Å²) in [6.45, 7) is 13.4. The van der Waals surface area contributed by atoms with Crippen LogP contribution in [0.15, 0.2) is 29.2 Å². The van der Waals surface area contributed by atoms with E-state index >= 15 is 0 Å². The van der Waals surface area contributed by atoms with Crippen molar-refractivity contribution in [3.05, 3.63) is 29.8 Å². The fourth-order valence-corrected chi connectivity index (χ4v) is 5.05. The maximum absolute atomic E-state index is 11.3. The van der Waals surface area contributed by atoms with E-state index < -0.39 is 10.1 Å². The summed E-state index contributed by atoms with van der Waals surface area (Å²) in [7, 11) is -4.10. The van der Waals surface area contributed by atoms with E-state index in [0.29, 0.717) is 19.5 Å². The van der Waals surface area contributed by atoms with Gasteiger partial charge in [-0.1, -0.05) is 82.9 Å². The van der Waals surface area contributed by atoms with Crippen molar-refractivity contribution in [2.75, 3.05) is 78.5 Å². The molecule has 0 saturated carbocycles. The van der Waals surface area contributed by atoms with Gasteiger partial charge in [-0.25, -0.2) is 0 Å². The number of nitrogens with one attached hydrogen (secondary N) is 5. The second-order valence-electron chi connectivity index (χ2n) is 10.3. The Hall–Kier alpha value is -1.15. The van der Waals surface area contributed by atoms with E-state index in [-0.39, 0.29) is 4.90 Å². The van der Waals surface area contributed by atoms with Crippen molar-refractivity contribution in [2.45, 2.75) is 82.4 Å². The number of aryl methyl sites for hydroxylation is 1. The Morgan fingerprint density at radius 2 is 0.951 bits per heavy atom. The summed E-state index contributed by atoms with van der Waals surface area (Å²) < 4.78 is 31.8. The summed E-state index contributed by atoms with van der Waals surface area (Å²) in [6.07, 6.45) is 13.3. The Balaban J connectivity index is 0.000000790. The third-order valence-corrected chi connectivity index (χ3v) is 7.56. The molecule has 0 saturated heterocycles. The predicted molar refractivity (Wildman–Crippen MR) is 174 cm³/mol. The summed E-state index contributed by atoms with van der Waals surface area (Å²) in [4.78, 5) is 0.0610. The third kappa shape index (κ3) is 27.4. The minimum absolute atomic E-state index is 0.0610. The molecule has 11 heteroatoms. The van der Waals surface area contributed by atoms with Crippen LogP contribution in [-0.4, -0.2) is 91.5 Å². The maximum Gasteiger partial charge on any atom is 0.294 e. The molecule has 0 aliphatic rings. The highest BCUT2D eigenvalue weighted by atomic mass is 32.2. The molecule has 0 unspecified atom stereocenters. The second kappa shape index (κ2) is 30.3. The summed E-state index contributed by atoms with van der Waals surface area (Å²) in [5.41, 5.74) is 11.5. The lowest BCUT2D eigenvalue weighted by Crippen LogP contribution is -2.37. The molecule has 0 spiro atoms. The van der Waals surface area contributed by atoms with Crippen LogP contribution in [0.3, 0.4) is 0 Å². The van der Waals surface area contributed by atoms with E-state index in [1.807, 2.05) is 6.07 Å². The molecular weight excluding hydrogens is 538 g/mol. The molecule has 0 heterocycles. The first kappa shape index (κ1) is 39.8. The number of rotatable bonds is 28. The molecule has 0 aliphatic carbocycles. The van der Waals surface area contributed by atoms with Crippen molar-refractivity contribution in [1.29, 1.82) is 0 Å². The molecule has 1 aromatic rings. The highest BCUT2D eigenvalue weighted by Gasteiger charge is 2.13. The molecule has 0 amide bonds. The summed E-state index contributed by atoms with van der Waals surface area (Å²) in [5.74, 6) is 0. The second-order valence-corrected chi connectivity index (χ2v) is 11.7. The Labute approximate surface area is 251 Å². The highest BCUT2D eigenvalue weighted by Crippen LogP contribution is 2.18. The van der Waals surface area contributed by atoms with Crippen LogP contribution in [0.5, 0.6) is 0 Å². The number of benzene rings is 1. The van der Waals surface area contributed by atoms with E-state index in [1.54, 1.807) is 12.1 Å². The van der Waals surface area contributed by atoms with Crippen LogP contribution < -0.4 is 38.1 Å². The third-order valence-electron chi connectivity index (χ3n) is 6.61. The van der Waals surface area contributed by atoms with Crippen molar-refractivity contribution in [1.82, 2.24) is 26.6 Å². The molecule has 242 valence electrons. The summed E-state index contributed by atoms with van der Waals surface area (Å²) in [6, 6.07) is 6.73. The van der Waals surface area contributed by atoms with E-state index in [9.17, 15) is 13.0 Å². The first-order valence-corrected chi connectivity index (χ1v) is 17.4. The molecular formula is C30H63N7O3S. The average Bonchev–Trinajstić information content (AvgIpc) is 2.96. The van der Waals surface area contributed by atoms with Crippen LogP contribution in [0, 0.1) is 0 Å². The first-order valence-electron chi connectivity index (χ1n) is 16.0. The number of unbranched alkanes of at least 4 members (excludes halogenated alkanes) is 9. The number of nitrogens with two attached hydrogens (primary N) is 2. The van der Waals surface area contributed by atoms with Crippen LogP contribution in [0.25, 0.3) is 0 Å². The van der Waals surface area contributed by atoms with E-state index in [2.05, 4.69) is 33.5 Å². The summed E-state index contributed by atoms with van der Waals surface area (Å²) in [5, 5.41) is 16.6. The molecule has 0 aromatic heterocycles. The van der Waals surface area contributed by atoms with E-state index in [1.165, 1.54) is 57.4 Å². The molecule has 0 atom stereocenters. The van der Waals surface area contributed by atoms with Gasteiger partial charge in [0.05, 0.1) is 4.90 Å². The molecule has 10 N–H and O–H groups in total. The van der Waals surface area contributed by atoms with Crippen molar-refractivity contribution in [3.8, 4) is 0 Å². The van der Waals surface area contributed by atoms with Gasteiger partial charge in [0.1, 0.15) is 0 Å². The minimum Gasteiger partial charge on any atom is -0.329 e. The standard InChI is InChI=1S/C18H30O3S.C12H33N7/c1-2-3-4-5-6-7-8-9-10-11-14-17-15-12-13-16-18(17)22(19,20)21;13-1-3-15-5-7-17-9-11-19-12-10-18-8-6-16-4-2-14/h12-13,15-16H,2-11,14H2,1H3,(H,19,20,21);15-19H,1-14H2. The maximum atomic E-state index is 11.3. The highest BCUT2D eigenvalue weighted by molar-refractivity contribution is 7.85. The van der Waals surface area contributed by atoms with E-state index in [0.717, 1.165) is 83.9 Å². The van der Waals surface area contributed by atoms with Crippen molar-refractivity contribution in [2.24, 2.45) is 11.5 Å². The van der Waals surface area contributed by atoms with Crippen LogP contribution in [-0.2, 0) is 16.5 Å². The van der Waals surface area contributed by atoms with Gasteiger partial charge in [0.25, 0.3) is 10.1 Å². The zero-order valence-electron chi connectivity index (χ0n) is 25.9. The Morgan fingerprint density at radius 1 is 0.585 bits per heavy atom. The average molecular weight is 602 g/mol. The Morgan fingerprint density at radius 3 is 1.34 bits per heavy atom. The lowest BCUT2D eigenvalue weighted by atomic mass is 10.0. The minimum atomic E-state index is -4.10. The van der Waals surface area contributed by atoms with Gasteiger partial charge in [0.2, 0.25) is 0 Å². The van der Waals surface area contributed by atoms with Crippen LogP contribution >= 0.6 is 0 Å². The molecule has 10 nitrogen and oxygen atoms in total. The predicted octanol–water partition coefficient (Wildman–Crippen LogP) is 2.25. The van der Waals surface area contributed by atoms with Crippen molar-refractivity contribution < 1.29 is 13.0 Å². The molecule has 0 radical (unpaired) electrons. The topological polar surface area (TPSA) is 167 Å². The SMILES string of the molecule is CCCCCCCCCCCCc1ccccc1S(=O)(=O)O.NCCNCCNCCNCCNCCNCCN. The van der Waals surface area contributed by atoms with Gasteiger partial charge < -0.3 is 38.1 Å². The number of hydrogen-bond donors (Lipinski definition) is 8. The fourth-order valence-electron chi connectivity index (χ4n) is 4.30. The van der Waals surface area contributed by atoms with Gasteiger partial charge in [-0.2, -0.15) is 8.42 Å². The van der Waals surface area contributed by atoms with Crippen LogP contribution in [0.4, 0.5) is 0 Å². The lowest BCUT2D eigenvalue weighted by Gasteiger charge is -2.08. The molecule has 0 bridgehead atoms. The molecule has 0 fully saturated rings. The van der Waals surface area contributed by atoms with Crippen LogP contribution in [0.1, 0.15) is 76.7 Å². The zero-order chi connectivity index (χ0) is 30.3. The van der Waals surface area contributed by atoms with Gasteiger partial charge in [-0.15, -0.1) is 0 Å². The van der Waals surface area contributed by atoms with Gasteiger partial charge in [0, 0.05) is 78.5 Å². The Kier molecular flexibility index (Phi) is 29.5. The lowest BCUT2D eigenvalue weighted by molar-refractivity contribution is 0.481. The monoisotopic (exact) mass is 601 g/mol. The van der Waals surface area contributed by atoms with E-state index in [4.69, 9.17) is 11.5 Å². The first-order chi connectivity index (χ1) is 20.0. The smallest absolute Gasteiger partial charge is 0.294 e. The normalized spacial score (nSPS) is 11.4. The molecule has 0 aliphatic heterocycles. The van der Waals surface area contributed by atoms with Crippen molar-refractivity contribution in [3.63, 3.8) is 0 Å². The molecule has 1 rings (SSSR count). The molecule has 1 aromatic carbocycles. The number of hydrogen-bond acceptors (Lipinski definition) is 9. The van der Waals surface area contributed by atoms with Gasteiger partial charge in [-0.3, -0.25) is 4.55 Å².